The second-order valence-corrected chi connectivity index (χ2v) is 20.8. The Labute approximate surface area is 358 Å². The number of benzene rings is 4. The molecule has 15 heteroatoms. The Balaban J connectivity index is 1.01. The van der Waals surface area contributed by atoms with Crippen LogP contribution in [0.4, 0.5) is 21.2 Å². The maximum Gasteiger partial charge on any atom is 0.264 e. The third-order valence-electron chi connectivity index (χ3n) is 12.4. The van der Waals surface area contributed by atoms with Crippen molar-refractivity contribution in [1.82, 2.24) is 25.0 Å². The van der Waals surface area contributed by atoms with Crippen LogP contribution in [0, 0.1) is 5.92 Å². The number of hydrogen-bond acceptors (Lipinski definition) is 7. The van der Waals surface area contributed by atoms with Gasteiger partial charge in [-0.1, -0.05) is 60.7 Å². The Hall–Kier alpha value is -6.42. The zero-order valence-corrected chi connectivity index (χ0v) is 35.8. The Morgan fingerprint density at radius 1 is 0.887 bits per heavy atom. The summed E-state index contributed by atoms with van der Waals surface area (Å²) >= 11 is 0. The molecule has 9 rings (SSSR count). The minimum atomic E-state index is -3.49. The SMILES string of the molecule is C[C@@H]1[C@@H]([Si](C)(C)F)[C@H](CCn2cc(CCO)nn2)O[C@@]12C(=O)N(Cc1cccc(NC(=O)Cc3c[nH]c4ccccc34)c1)c1ccc(NC(=O)Cc3c[nH]c4ccccc34)cc12. The Bertz CT molecular complexity index is 2810. The number of aliphatic hydroxyl groups excluding tert-OH is 1. The lowest BCUT2D eigenvalue weighted by atomic mass is 9.82. The molecule has 318 valence electrons. The molecule has 0 bridgehead atoms. The summed E-state index contributed by atoms with van der Waals surface area (Å²) in [7, 11) is -3.49. The predicted octanol–water partition coefficient (Wildman–Crippen LogP) is 7.55. The number of aliphatic hydroxyl groups is 1. The van der Waals surface area contributed by atoms with E-state index < -0.39 is 31.6 Å². The number of carbonyl (C=O) groups is 3. The number of aromatic nitrogens is 5. The van der Waals surface area contributed by atoms with Gasteiger partial charge in [0.1, 0.15) is 0 Å². The molecule has 5 N–H and O–H groups in total. The highest BCUT2D eigenvalue weighted by molar-refractivity contribution is 6.72. The fraction of sp³-hybridized carbons (Fsp3) is 0.298. The van der Waals surface area contributed by atoms with Gasteiger partial charge in [0, 0.05) is 88.4 Å². The molecule has 1 fully saturated rings. The summed E-state index contributed by atoms with van der Waals surface area (Å²) in [5, 5.41) is 25.8. The van der Waals surface area contributed by atoms with Crippen molar-refractivity contribution in [2.75, 3.05) is 22.1 Å². The van der Waals surface area contributed by atoms with Crippen molar-refractivity contribution >= 4 is 65.0 Å². The van der Waals surface area contributed by atoms with E-state index >= 15 is 8.90 Å². The first-order valence-electron chi connectivity index (χ1n) is 21.0. The van der Waals surface area contributed by atoms with Crippen LogP contribution in [0.2, 0.25) is 18.6 Å². The molecule has 4 atom stereocenters. The summed E-state index contributed by atoms with van der Waals surface area (Å²) in [4.78, 5) is 50.3. The second kappa shape index (κ2) is 16.5. The van der Waals surface area contributed by atoms with E-state index in [0.29, 0.717) is 47.7 Å². The zero-order valence-electron chi connectivity index (χ0n) is 34.8. The number of aryl methyl sites for hydroxylation is 1. The van der Waals surface area contributed by atoms with E-state index in [-0.39, 0.29) is 43.7 Å². The van der Waals surface area contributed by atoms with Crippen LogP contribution >= 0.6 is 0 Å². The van der Waals surface area contributed by atoms with Gasteiger partial charge in [-0.15, -0.1) is 5.10 Å². The number of rotatable bonds is 14. The van der Waals surface area contributed by atoms with Crippen LogP contribution < -0.4 is 15.5 Å². The molecule has 0 aliphatic carbocycles. The molecule has 1 saturated heterocycles. The minimum absolute atomic E-state index is 0.0532. The lowest BCUT2D eigenvalue weighted by molar-refractivity contribution is -0.146. The van der Waals surface area contributed by atoms with Crippen molar-refractivity contribution in [3.8, 4) is 0 Å². The highest BCUT2D eigenvalue weighted by Gasteiger charge is 2.66. The highest BCUT2D eigenvalue weighted by atomic mass is 28.4. The van der Waals surface area contributed by atoms with E-state index in [2.05, 4.69) is 30.9 Å². The number of aromatic amines is 2. The van der Waals surface area contributed by atoms with Gasteiger partial charge in [-0.3, -0.25) is 19.1 Å². The van der Waals surface area contributed by atoms with E-state index in [4.69, 9.17) is 4.74 Å². The largest absolute Gasteiger partial charge is 0.396 e. The van der Waals surface area contributed by atoms with Crippen molar-refractivity contribution in [3.63, 3.8) is 0 Å². The normalized spacial score (nSPS) is 19.8. The lowest BCUT2D eigenvalue weighted by Gasteiger charge is -2.31. The van der Waals surface area contributed by atoms with Crippen LogP contribution in [-0.4, -0.2) is 68.9 Å². The van der Waals surface area contributed by atoms with E-state index in [0.717, 1.165) is 38.5 Å². The number of halogens is 1. The maximum absolute atomic E-state index is 16.7. The van der Waals surface area contributed by atoms with Crippen molar-refractivity contribution < 1.29 is 28.3 Å². The summed E-state index contributed by atoms with van der Waals surface area (Å²) in [5.41, 5.74) is 5.22. The first kappa shape index (κ1) is 41.0. The van der Waals surface area contributed by atoms with Crippen LogP contribution in [0.15, 0.2) is 110 Å². The van der Waals surface area contributed by atoms with Gasteiger partial charge in [0.2, 0.25) is 20.2 Å². The van der Waals surface area contributed by atoms with Gasteiger partial charge in [-0.05, 0) is 78.7 Å². The average molecular weight is 853 g/mol. The second-order valence-electron chi connectivity index (χ2n) is 17.0. The fourth-order valence-electron chi connectivity index (χ4n) is 9.73. The van der Waals surface area contributed by atoms with Gasteiger partial charge < -0.3 is 39.5 Å². The number of anilines is 3. The van der Waals surface area contributed by atoms with Gasteiger partial charge in [-0.25, -0.2) is 0 Å². The van der Waals surface area contributed by atoms with Crippen LogP contribution in [0.25, 0.3) is 21.8 Å². The molecule has 0 radical (unpaired) electrons. The van der Waals surface area contributed by atoms with Gasteiger partial charge >= 0.3 is 0 Å². The lowest BCUT2D eigenvalue weighted by Crippen LogP contribution is -2.45. The number of fused-ring (bicyclic) bond motifs is 4. The number of H-pyrrole nitrogens is 2. The summed E-state index contributed by atoms with van der Waals surface area (Å²) < 4.78 is 25.4. The molecular weight excluding hydrogens is 804 g/mol. The fourth-order valence-corrected chi connectivity index (χ4v) is 12.3. The quantitative estimate of drug-likeness (QED) is 0.0556. The monoisotopic (exact) mass is 852 g/mol. The average Bonchev–Trinajstić information content (AvgIpc) is 4.07. The molecule has 0 saturated carbocycles. The summed E-state index contributed by atoms with van der Waals surface area (Å²) in [6.07, 6.45) is 5.89. The van der Waals surface area contributed by atoms with Crippen molar-refractivity contribution in [3.05, 3.63) is 138 Å². The number of nitrogens with one attached hydrogen (secondary N) is 4. The zero-order chi connectivity index (χ0) is 43.2. The van der Waals surface area contributed by atoms with E-state index in [9.17, 15) is 14.7 Å². The third kappa shape index (κ3) is 7.71. The molecule has 62 heavy (non-hydrogen) atoms. The predicted molar refractivity (Wildman–Crippen MR) is 239 cm³/mol. The standard InChI is InChI=1S/C47H49FN8O5Si/c1-29-45(62(2,3)48)42(17-19-55-28-35(18-20-57)53-54-55)61-47(29)38-24-34(52-44(59)23-32-26-50-40-14-7-5-12-37(32)40)15-16-41(38)56(46(47)60)27-30-9-8-10-33(21-30)51-43(58)22-31-25-49-39-13-6-4-11-36(31)39/h4-16,21,24-26,28-29,42,45,49-50,57H,17-20,22-23,27H2,1-3H3,(H,51,58)(H,52,59)/t29-,42+,45-,47+/m1/s1. The van der Waals surface area contributed by atoms with E-state index in [1.807, 2.05) is 104 Å². The maximum atomic E-state index is 16.7. The molecule has 2 aliphatic heterocycles. The molecule has 1 spiro atoms. The molecule has 2 aliphatic rings. The van der Waals surface area contributed by atoms with E-state index in [1.165, 1.54) is 0 Å². The molecule has 13 nitrogen and oxygen atoms in total. The van der Waals surface area contributed by atoms with Crippen molar-refractivity contribution in [1.29, 1.82) is 0 Å². The molecule has 7 aromatic rings. The number of hydrogen-bond donors (Lipinski definition) is 5. The smallest absolute Gasteiger partial charge is 0.264 e. The number of para-hydroxylation sites is 2. The van der Waals surface area contributed by atoms with E-state index in [1.54, 1.807) is 34.9 Å². The first-order valence-corrected chi connectivity index (χ1v) is 24.0. The minimum Gasteiger partial charge on any atom is -0.396 e. The summed E-state index contributed by atoms with van der Waals surface area (Å²) in [6.45, 7) is 5.71. The Kier molecular flexibility index (Phi) is 10.9. The Morgan fingerprint density at radius 2 is 1.53 bits per heavy atom. The van der Waals surface area contributed by atoms with Crippen LogP contribution in [0.5, 0.6) is 0 Å². The third-order valence-corrected chi connectivity index (χ3v) is 14.9. The van der Waals surface area contributed by atoms with Gasteiger partial charge in [0.15, 0.2) is 5.60 Å². The van der Waals surface area contributed by atoms with Crippen molar-refractivity contribution in [2.45, 2.75) is 76.0 Å². The number of ether oxygens (including phenoxy) is 1. The number of nitrogens with zero attached hydrogens (tertiary/aromatic N) is 4. The topological polar surface area (TPSA) is 170 Å². The number of amides is 3. The van der Waals surface area contributed by atoms with Crippen LogP contribution in [0.1, 0.15) is 41.3 Å². The first-order chi connectivity index (χ1) is 29.9. The molecule has 3 amide bonds. The molecular formula is C47H49FN8O5Si. The molecule has 3 aromatic heterocycles. The molecule has 0 unspecified atom stereocenters. The van der Waals surface area contributed by atoms with Crippen LogP contribution in [-0.2, 0) is 57.1 Å². The highest BCUT2D eigenvalue weighted by Crippen LogP contribution is 2.60. The van der Waals surface area contributed by atoms with Gasteiger partial charge in [0.05, 0.1) is 36.9 Å². The molecule has 4 aromatic carbocycles. The Morgan fingerprint density at radius 3 is 2.18 bits per heavy atom. The summed E-state index contributed by atoms with van der Waals surface area (Å²) in [5.74, 6) is -1.28. The number of carbonyl (C=O) groups excluding carboxylic acids is 3. The van der Waals surface area contributed by atoms with Gasteiger partial charge in [-0.2, -0.15) is 0 Å². The van der Waals surface area contributed by atoms with Gasteiger partial charge in [0.25, 0.3) is 5.91 Å². The molecule has 5 heterocycles. The van der Waals surface area contributed by atoms with Crippen LogP contribution in [0.3, 0.4) is 0 Å². The van der Waals surface area contributed by atoms with Crippen molar-refractivity contribution in [2.24, 2.45) is 5.92 Å². The summed E-state index contributed by atoms with van der Waals surface area (Å²) in [6, 6.07) is 28.5.